The predicted molar refractivity (Wildman–Crippen MR) is 91.6 cm³/mol. The van der Waals surface area contributed by atoms with Gasteiger partial charge in [-0.25, -0.2) is 0 Å². The first-order chi connectivity index (χ1) is 9.81. The quantitative estimate of drug-likeness (QED) is 0.706. The lowest BCUT2D eigenvalue weighted by molar-refractivity contribution is 0.332. The van der Waals surface area contributed by atoms with E-state index in [1.54, 1.807) is 0 Å². The van der Waals surface area contributed by atoms with Crippen molar-refractivity contribution in [3.05, 3.63) is 53.6 Å². The third-order valence-electron chi connectivity index (χ3n) is 5.12. The molecule has 2 N–H and O–H groups in total. The molecule has 0 aliphatic heterocycles. The van der Waals surface area contributed by atoms with Crippen LogP contribution in [-0.2, 0) is 10.8 Å². The van der Waals surface area contributed by atoms with Crippen LogP contribution in [0.4, 0.5) is 5.69 Å². The first-order valence-electron chi connectivity index (χ1n) is 7.81. The zero-order valence-electron chi connectivity index (χ0n) is 13.5. The molecule has 0 saturated heterocycles. The molecule has 1 heteroatoms. The minimum absolute atomic E-state index is 0.240. The third-order valence-corrected chi connectivity index (χ3v) is 5.12. The molecule has 110 valence electrons. The van der Waals surface area contributed by atoms with E-state index in [9.17, 15) is 0 Å². The van der Waals surface area contributed by atoms with E-state index in [0.717, 1.165) is 11.3 Å². The van der Waals surface area contributed by atoms with E-state index in [2.05, 4.69) is 58.0 Å². The van der Waals surface area contributed by atoms with Gasteiger partial charge in [0.2, 0.25) is 0 Å². The lowest BCUT2D eigenvalue weighted by Crippen LogP contribution is -2.33. The van der Waals surface area contributed by atoms with E-state index in [-0.39, 0.29) is 10.8 Å². The number of hydrogen-bond acceptors (Lipinski definition) is 1. The van der Waals surface area contributed by atoms with Gasteiger partial charge in [0, 0.05) is 11.3 Å². The van der Waals surface area contributed by atoms with Crippen molar-refractivity contribution in [2.24, 2.45) is 0 Å². The Balaban J connectivity index is 2.19. The Hall–Kier alpha value is -1.76. The second-order valence-electron chi connectivity index (χ2n) is 7.62. The minimum atomic E-state index is 0.240. The Labute approximate surface area is 128 Å². The molecule has 0 unspecified atom stereocenters. The molecular weight excluding hydrogens is 254 g/mol. The highest BCUT2D eigenvalue weighted by Crippen LogP contribution is 2.47. The summed E-state index contributed by atoms with van der Waals surface area (Å²) in [4.78, 5) is 0. The van der Waals surface area contributed by atoms with E-state index in [1.165, 1.54) is 29.5 Å². The highest BCUT2D eigenvalue weighted by Gasteiger charge is 2.36. The first kappa shape index (κ1) is 14.2. The fraction of sp³-hybridized carbons (Fsp3) is 0.400. The third kappa shape index (κ3) is 2.35. The van der Waals surface area contributed by atoms with Gasteiger partial charge >= 0.3 is 0 Å². The van der Waals surface area contributed by atoms with Crippen LogP contribution < -0.4 is 5.73 Å². The summed E-state index contributed by atoms with van der Waals surface area (Å²) in [5, 5.41) is 0. The van der Waals surface area contributed by atoms with Crippen LogP contribution in [0.5, 0.6) is 0 Å². The van der Waals surface area contributed by atoms with Crippen LogP contribution in [0.2, 0.25) is 0 Å². The number of nitrogen functional groups attached to an aromatic ring is 1. The van der Waals surface area contributed by atoms with E-state index in [4.69, 9.17) is 5.73 Å². The number of anilines is 1. The van der Waals surface area contributed by atoms with Gasteiger partial charge in [-0.3, -0.25) is 0 Å². The molecule has 2 aromatic rings. The molecule has 0 heterocycles. The fourth-order valence-corrected chi connectivity index (χ4v) is 3.52. The molecule has 1 aliphatic rings. The highest BCUT2D eigenvalue weighted by atomic mass is 14.6. The van der Waals surface area contributed by atoms with Crippen molar-refractivity contribution in [2.75, 3.05) is 5.73 Å². The average Bonchev–Trinajstić information content (AvgIpc) is 2.44. The highest BCUT2D eigenvalue weighted by molar-refractivity contribution is 5.77. The first-order valence-corrected chi connectivity index (χ1v) is 7.81. The maximum atomic E-state index is 6.15. The molecule has 0 spiro atoms. The molecule has 0 radical (unpaired) electrons. The normalized spacial score (nSPS) is 19.0. The van der Waals surface area contributed by atoms with Gasteiger partial charge in [-0.15, -0.1) is 0 Å². The Bertz CT molecular complexity index is 680. The van der Waals surface area contributed by atoms with Crippen LogP contribution in [0, 0.1) is 0 Å². The van der Waals surface area contributed by atoms with Crippen LogP contribution in [-0.4, -0.2) is 0 Å². The predicted octanol–water partition coefficient (Wildman–Crippen LogP) is 5.28. The van der Waals surface area contributed by atoms with Gasteiger partial charge in [-0.1, -0.05) is 64.1 Å². The summed E-state index contributed by atoms with van der Waals surface area (Å²) < 4.78 is 0. The SMILES string of the molecule is CC1(C)CCC(C)(C)c2cc(-c3ccccc3N)ccc21. The van der Waals surface area contributed by atoms with Crippen molar-refractivity contribution in [1.82, 2.24) is 0 Å². The summed E-state index contributed by atoms with van der Waals surface area (Å²) >= 11 is 0. The van der Waals surface area contributed by atoms with Crippen LogP contribution in [0.25, 0.3) is 11.1 Å². The van der Waals surface area contributed by atoms with Crippen molar-refractivity contribution < 1.29 is 0 Å². The average molecular weight is 279 g/mol. The second-order valence-corrected chi connectivity index (χ2v) is 7.62. The smallest absolute Gasteiger partial charge is 0.0393 e. The molecule has 2 aromatic carbocycles. The topological polar surface area (TPSA) is 26.0 Å². The number of benzene rings is 2. The zero-order valence-corrected chi connectivity index (χ0v) is 13.5. The number of rotatable bonds is 1. The van der Waals surface area contributed by atoms with Gasteiger partial charge in [0.1, 0.15) is 0 Å². The number of hydrogen-bond donors (Lipinski definition) is 1. The van der Waals surface area contributed by atoms with E-state index < -0.39 is 0 Å². The van der Waals surface area contributed by atoms with E-state index >= 15 is 0 Å². The summed E-state index contributed by atoms with van der Waals surface area (Å²) in [6.45, 7) is 9.44. The molecule has 0 amide bonds. The Morgan fingerprint density at radius 2 is 1.43 bits per heavy atom. The molecule has 3 rings (SSSR count). The molecule has 0 saturated carbocycles. The standard InChI is InChI=1S/C20H25N/c1-19(2)11-12-20(3,4)17-13-14(9-10-16(17)19)15-7-5-6-8-18(15)21/h5-10,13H,11-12,21H2,1-4H3. The molecule has 1 aliphatic carbocycles. The molecule has 0 aromatic heterocycles. The molecule has 21 heavy (non-hydrogen) atoms. The van der Waals surface area contributed by atoms with Crippen molar-refractivity contribution in [3.8, 4) is 11.1 Å². The van der Waals surface area contributed by atoms with Crippen LogP contribution in [0.3, 0.4) is 0 Å². The van der Waals surface area contributed by atoms with Gasteiger partial charge in [-0.05, 0) is 46.4 Å². The van der Waals surface area contributed by atoms with Crippen LogP contribution in [0.15, 0.2) is 42.5 Å². The molecule has 0 bridgehead atoms. The monoisotopic (exact) mass is 279 g/mol. The zero-order chi connectivity index (χ0) is 15.3. The summed E-state index contributed by atoms with van der Waals surface area (Å²) in [5.74, 6) is 0. The summed E-state index contributed by atoms with van der Waals surface area (Å²) in [5.41, 5.74) is 12.9. The van der Waals surface area contributed by atoms with Gasteiger partial charge in [0.25, 0.3) is 0 Å². The summed E-state index contributed by atoms with van der Waals surface area (Å²) in [7, 11) is 0. The van der Waals surface area contributed by atoms with Crippen molar-refractivity contribution in [1.29, 1.82) is 0 Å². The maximum absolute atomic E-state index is 6.15. The van der Waals surface area contributed by atoms with Crippen LogP contribution in [0.1, 0.15) is 51.7 Å². The van der Waals surface area contributed by atoms with E-state index in [0.29, 0.717) is 0 Å². The molecular formula is C20H25N. The van der Waals surface area contributed by atoms with E-state index in [1.807, 2.05) is 12.1 Å². The number of nitrogens with two attached hydrogens (primary N) is 1. The van der Waals surface area contributed by atoms with Crippen molar-refractivity contribution in [3.63, 3.8) is 0 Å². The molecule has 0 fully saturated rings. The Morgan fingerprint density at radius 1 is 0.810 bits per heavy atom. The second kappa shape index (κ2) is 4.62. The van der Waals surface area contributed by atoms with Gasteiger partial charge in [-0.2, -0.15) is 0 Å². The Kier molecular flexibility index (Phi) is 3.12. The minimum Gasteiger partial charge on any atom is -0.398 e. The number of para-hydroxylation sites is 1. The molecule has 1 nitrogen and oxygen atoms in total. The lowest BCUT2D eigenvalue weighted by Gasteiger charge is -2.42. The molecule has 0 atom stereocenters. The fourth-order valence-electron chi connectivity index (χ4n) is 3.52. The number of fused-ring (bicyclic) bond motifs is 1. The van der Waals surface area contributed by atoms with Gasteiger partial charge in [0.15, 0.2) is 0 Å². The van der Waals surface area contributed by atoms with Crippen LogP contribution >= 0.6 is 0 Å². The summed E-state index contributed by atoms with van der Waals surface area (Å²) in [6.07, 6.45) is 2.49. The van der Waals surface area contributed by atoms with Gasteiger partial charge < -0.3 is 5.73 Å². The van der Waals surface area contributed by atoms with Gasteiger partial charge in [0.05, 0.1) is 0 Å². The van der Waals surface area contributed by atoms with Crippen molar-refractivity contribution >= 4 is 5.69 Å². The van der Waals surface area contributed by atoms with Crippen molar-refractivity contribution in [2.45, 2.75) is 51.4 Å². The maximum Gasteiger partial charge on any atom is 0.0393 e. The lowest BCUT2D eigenvalue weighted by atomic mass is 9.63. The largest absolute Gasteiger partial charge is 0.398 e. The Morgan fingerprint density at radius 3 is 2.10 bits per heavy atom. The summed E-state index contributed by atoms with van der Waals surface area (Å²) in [6, 6.07) is 15.0.